The van der Waals surface area contributed by atoms with E-state index in [1.54, 1.807) is 24.3 Å². The summed E-state index contributed by atoms with van der Waals surface area (Å²) >= 11 is 6.35. The van der Waals surface area contributed by atoms with E-state index in [2.05, 4.69) is 27.9 Å². The minimum Gasteiger partial charge on any atom is -0.481 e. The van der Waals surface area contributed by atoms with Gasteiger partial charge in [-0.3, -0.25) is 14.5 Å². The third kappa shape index (κ3) is 7.55. The van der Waals surface area contributed by atoms with Crippen molar-refractivity contribution in [3.63, 3.8) is 0 Å². The molecule has 1 aliphatic rings. The van der Waals surface area contributed by atoms with Gasteiger partial charge in [-0.05, 0) is 84.8 Å². The van der Waals surface area contributed by atoms with Crippen molar-refractivity contribution in [2.24, 2.45) is 0 Å². The van der Waals surface area contributed by atoms with Crippen molar-refractivity contribution < 1.29 is 32.6 Å². The number of aliphatic carboxylic acids is 1. The molecule has 1 unspecified atom stereocenters. The number of carbonyl (C=O) groups excluding carboxylic acids is 1. The predicted octanol–water partition coefficient (Wildman–Crippen LogP) is 7.04. The second-order valence-electron chi connectivity index (χ2n) is 10.0. The molecule has 10 heteroatoms. The smallest absolute Gasteiger partial charge is 0.481 e. The van der Waals surface area contributed by atoms with Crippen LogP contribution in [0, 0.1) is 6.92 Å². The molecule has 3 atom stereocenters. The molecule has 6 nitrogen and oxygen atoms in total. The Morgan fingerprint density at radius 3 is 2.35 bits per heavy atom. The van der Waals surface area contributed by atoms with Crippen LogP contribution in [0.2, 0.25) is 5.02 Å². The summed E-state index contributed by atoms with van der Waals surface area (Å²) in [6.07, 6.45) is -4.17. The van der Waals surface area contributed by atoms with Gasteiger partial charge >= 0.3 is 12.3 Å². The van der Waals surface area contributed by atoms with Crippen LogP contribution in [0.4, 0.5) is 13.2 Å². The summed E-state index contributed by atoms with van der Waals surface area (Å²) in [5, 5.41) is 12.0. The number of carboxylic acids is 1. The van der Waals surface area contributed by atoms with E-state index in [1.807, 2.05) is 31.2 Å². The average molecular weight is 575 g/mol. The van der Waals surface area contributed by atoms with Crippen molar-refractivity contribution >= 4 is 23.5 Å². The van der Waals surface area contributed by atoms with Crippen molar-refractivity contribution in [3.05, 3.63) is 99.6 Å². The Balaban J connectivity index is 1.57. The standard InChI is InChI=1S/C30H30ClF3N2O4/c1-18-13-23(15-25(31)14-18)24-16-27(21-7-9-26(10-8-21)40-30(32,33)34)36(17-24)19(2)20-3-5-22(6-4-20)29(39)35-12-11-28(37)38/h3-10,13-15,19,24,27H,11-12,16-17H2,1-2H3,(H,35,39)(H,37,38)/t19?,24-,27-/m1/s1. The Bertz CT molecular complexity index is 1330. The van der Waals surface area contributed by atoms with Crippen molar-refractivity contribution in [1.29, 1.82) is 0 Å². The Morgan fingerprint density at radius 1 is 1.07 bits per heavy atom. The summed E-state index contributed by atoms with van der Waals surface area (Å²) in [4.78, 5) is 25.4. The molecule has 4 rings (SSSR count). The third-order valence-electron chi connectivity index (χ3n) is 7.15. The third-order valence-corrected chi connectivity index (χ3v) is 7.37. The van der Waals surface area contributed by atoms with Gasteiger partial charge in [0.1, 0.15) is 5.75 Å². The number of carbonyl (C=O) groups is 2. The molecular weight excluding hydrogens is 545 g/mol. The zero-order valence-electron chi connectivity index (χ0n) is 22.0. The van der Waals surface area contributed by atoms with E-state index in [9.17, 15) is 22.8 Å². The first-order valence-corrected chi connectivity index (χ1v) is 13.3. The number of likely N-dealkylation sites (tertiary alicyclic amines) is 1. The van der Waals surface area contributed by atoms with E-state index in [1.165, 1.54) is 12.1 Å². The number of rotatable bonds is 9. The topological polar surface area (TPSA) is 78.9 Å². The monoisotopic (exact) mass is 574 g/mol. The maximum atomic E-state index is 12.7. The summed E-state index contributed by atoms with van der Waals surface area (Å²) in [6, 6.07) is 18.9. The molecule has 0 bridgehead atoms. The van der Waals surface area contributed by atoms with Crippen LogP contribution in [0.1, 0.15) is 70.4 Å². The van der Waals surface area contributed by atoms with Crippen LogP contribution in [0.5, 0.6) is 5.75 Å². The first-order chi connectivity index (χ1) is 18.9. The van der Waals surface area contributed by atoms with Crippen molar-refractivity contribution in [2.45, 2.75) is 51.1 Å². The number of halogens is 4. The number of hydrogen-bond donors (Lipinski definition) is 2. The fourth-order valence-electron chi connectivity index (χ4n) is 5.24. The van der Waals surface area contributed by atoms with Gasteiger partial charge in [-0.2, -0.15) is 0 Å². The molecule has 2 N–H and O–H groups in total. The van der Waals surface area contributed by atoms with Gasteiger partial charge < -0.3 is 15.2 Å². The SMILES string of the molecule is Cc1cc(Cl)cc([C@@H]2C[C@H](c3ccc(OC(F)(F)F)cc3)N(C(C)c3ccc(C(=O)NCCC(=O)O)cc3)C2)c1. The van der Waals surface area contributed by atoms with Gasteiger partial charge in [-0.15, -0.1) is 13.2 Å². The van der Waals surface area contributed by atoms with Crippen molar-refractivity contribution in [2.75, 3.05) is 13.1 Å². The molecule has 1 fully saturated rings. The molecule has 3 aromatic rings. The molecule has 1 saturated heterocycles. The summed E-state index contributed by atoms with van der Waals surface area (Å²) in [6.45, 7) is 4.78. The number of nitrogens with one attached hydrogen (secondary N) is 1. The number of benzene rings is 3. The number of ether oxygens (including phenoxy) is 1. The van der Waals surface area contributed by atoms with E-state index in [4.69, 9.17) is 16.7 Å². The van der Waals surface area contributed by atoms with Gasteiger partial charge in [0.25, 0.3) is 5.91 Å². The summed E-state index contributed by atoms with van der Waals surface area (Å²) in [5.74, 6) is -1.46. The van der Waals surface area contributed by atoms with E-state index in [0.717, 1.165) is 28.7 Å². The minimum absolute atomic E-state index is 0.0406. The van der Waals surface area contributed by atoms with E-state index < -0.39 is 12.3 Å². The number of hydrogen-bond acceptors (Lipinski definition) is 4. The number of amides is 1. The molecule has 0 aliphatic carbocycles. The Morgan fingerprint density at radius 2 is 1.75 bits per heavy atom. The fourth-order valence-corrected chi connectivity index (χ4v) is 5.54. The molecule has 1 aliphatic heterocycles. The van der Waals surface area contributed by atoms with Crippen molar-refractivity contribution in [1.82, 2.24) is 10.2 Å². The quantitative estimate of drug-likeness (QED) is 0.286. The first kappa shape index (κ1) is 29.4. The molecular formula is C30H30ClF3N2O4. The van der Waals surface area contributed by atoms with Crippen LogP contribution in [-0.4, -0.2) is 41.3 Å². The van der Waals surface area contributed by atoms with Crippen LogP contribution >= 0.6 is 11.6 Å². The van der Waals surface area contributed by atoms with Crippen LogP contribution in [0.3, 0.4) is 0 Å². The van der Waals surface area contributed by atoms with Gasteiger partial charge in [-0.1, -0.05) is 41.9 Å². The van der Waals surface area contributed by atoms with E-state index >= 15 is 0 Å². The average Bonchev–Trinajstić information content (AvgIpc) is 3.33. The normalized spacial score (nSPS) is 18.4. The molecule has 0 spiro atoms. The lowest BCUT2D eigenvalue weighted by Gasteiger charge is -2.31. The van der Waals surface area contributed by atoms with Gasteiger partial charge in [0.2, 0.25) is 0 Å². The molecule has 40 heavy (non-hydrogen) atoms. The highest BCUT2D eigenvalue weighted by Gasteiger charge is 2.37. The minimum atomic E-state index is -4.76. The lowest BCUT2D eigenvalue weighted by atomic mass is 9.93. The largest absolute Gasteiger partial charge is 0.573 e. The Labute approximate surface area is 235 Å². The molecule has 0 aromatic heterocycles. The number of carboxylic acid groups (broad SMARTS) is 1. The Hall–Kier alpha value is -3.56. The van der Waals surface area contributed by atoms with E-state index in [-0.39, 0.29) is 42.6 Å². The second-order valence-corrected chi connectivity index (χ2v) is 10.5. The highest BCUT2D eigenvalue weighted by atomic mass is 35.5. The van der Waals surface area contributed by atoms with Crippen LogP contribution < -0.4 is 10.1 Å². The highest BCUT2D eigenvalue weighted by Crippen LogP contribution is 2.45. The van der Waals surface area contributed by atoms with Crippen LogP contribution in [0.25, 0.3) is 0 Å². The number of nitrogens with zero attached hydrogens (tertiary/aromatic N) is 1. The first-order valence-electron chi connectivity index (χ1n) is 12.9. The van der Waals surface area contributed by atoms with Crippen LogP contribution in [-0.2, 0) is 4.79 Å². The second kappa shape index (κ2) is 12.3. The number of alkyl halides is 3. The molecule has 1 amide bonds. The van der Waals surface area contributed by atoms with E-state index in [0.29, 0.717) is 17.1 Å². The zero-order valence-corrected chi connectivity index (χ0v) is 22.8. The predicted molar refractivity (Wildman–Crippen MR) is 146 cm³/mol. The van der Waals surface area contributed by atoms with Gasteiger partial charge in [-0.25, -0.2) is 0 Å². The van der Waals surface area contributed by atoms with Crippen LogP contribution in [0.15, 0.2) is 66.7 Å². The maximum absolute atomic E-state index is 12.7. The zero-order chi connectivity index (χ0) is 29.0. The highest BCUT2D eigenvalue weighted by molar-refractivity contribution is 6.30. The van der Waals surface area contributed by atoms with Gasteiger partial charge in [0, 0.05) is 35.8 Å². The summed E-state index contributed by atoms with van der Waals surface area (Å²) < 4.78 is 42.1. The Kier molecular flexibility index (Phi) is 9.05. The van der Waals surface area contributed by atoms with Crippen molar-refractivity contribution in [3.8, 4) is 5.75 Å². The van der Waals surface area contributed by atoms with Gasteiger partial charge in [0.15, 0.2) is 0 Å². The molecule has 3 aromatic carbocycles. The number of aryl methyl sites for hydroxylation is 1. The summed E-state index contributed by atoms with van der Waals surface area (Å²) in [7, 11) is 0. The molecule has 212 valence electrons. The van der Waals surface area contributed by atoms with Gasteiger partial charge in [0.05, 0.1) is 6.42 Å². The fraction of sp³-hybridized carbons (Fsp3) is 0.333. The summed E-state index contributed by atoms with van der Waals surface area (Å²) in [5.41, 5.74) is 4.42. The molecule has 0 saturated carbocycles. The molecule has 1 heterocycles. The lowest BCUT2D eigenvalue weighted by Crippen LogP contribution is -2.28. The maximum Gasteiger partial charge on any atom is 0.573 e. The molecule has 0 radical (unpaired) electrons. The lowest BCUT2D eigenvalue weighted by molar-refractivity contribution is -0.274.